The lowest BCUT2D eigenvalue weighted by Gasteiger charge is -2.13. The van der Waals surface area contributed by atoms with Crippen LogP contribution >= 0.6 is 11.6 Å². The van der Waals surface area contributed by atoms with Crippen molar-refractivity contribution in [2.45, 2.75) is 0 Å². The number of benzene rings is 3. The molecule has 3 aromatic rings. The van der Waals surface area contributed by atoms with Crippen molar-refractivity contribution in [1.29, 1.82) is 0 Å². The Labute approximate surface area is 178 Å². The Morgan fingerprint density at radius 3 is 2.23 bits per heavy atom. The molecule has 0 unspecified atom stereocenters. The predicted octanol–water partition coefficient (Wildman–Crippen LogP) is 3.74. The largest absolute Gasteiger partial charge is 0.375 e. The summed E-state index contributed by atoms with van der Waals surface area (Å²) in [5, 5.41) is 8.70. The quantitative estimate of drug-likeness (QED) is 0.464. The predicted molar refractivity (Wildman–Crippen MR) is 118 cm³/mol. The first kappa shape index (κ1) is 20.9. The summed E-state index contributed by atoms with van der Waals surface area (Å²) in [6, 6.07) is 20.3. The van der Waals surface area contributed by atoms with Crippen LogP contribution in [0.25, 0.3) is 0 Å². The lowest BCUT2D eigenvalue weighted by molar-refractivity contribution is -0.114. The van der Waals surface area contributed by atoms with Crippen LogP contribution in [-0.2, 0) is 4.79 Å². The van der Waals surface area contributed by atoms with Crippen molar-refractivity contribution in [3.8, 4) is 0 Å². The van der Waals surface area contributed by atoms with Crippen molar-refractivity contribution in [2.24, 2.45) is 5.73 Å². The standard InChI is InChI=1S/C22H19ClN4O3/c23-14-10-11-18(17(12-14)21(24)29)25-13-20(28)27-19-9-5-4-8-16(19)22(30)26-15-6-2-1-3-7-15/h1-12,25H,13H2,(H2,24,29)(H,26,30)(H,27,28). The molecule has 152 valence electrons. The lowest BCUT2D eigenvalue weighted by Crippen LogP contribution is -2.25. The molecule has 0 spiro atoms. The van der Waals surface area contributed by atoms with Gasteiger partial charge in [-0.3, -0.25) is 14.4 Å². The summed E-state index contributed by atoms with van der Waals surface area (Å²) in [6.07, 6.45) is 0. The molecule has 0 atom stereocenters. The van der Waals surface area contributed by atoms with Gasteiger partial charge in [0.15, 0.2) is 0 Å². The van der Waals surface area contributed by atoms with Gasteiger partial charge in [0, 0.05) is 16.4 Å². The summed E-state index contributed by atoms with van der Waals surface area (Å²) in [5.74, 6) is -1.41. The highest BCUT2D eigenvalue weighted by molar-refractivity contribution is 6.31. The normalized spacial score (nSPS) is 10.2. The van der Waals surface area contributed by atoms with Crippen molar-refractivity contribution in [3.05, 3.63) is 88.9 Å². The van der Waals surface area contributed by atoms with E-state index in [1.54, 1.807) is 48.5 Å². The Balaban J connectivity index is 1.68. The molecule has 0 aromatic heterocycles. The summed E-state index contributed by atoms with van der Waals surface area (Å²) in [6.45, 7) is -0.142. The number of carbonyl (C=O) groups excluding carboxylic acids is 3. The van der Waals surface area contributed by atoms with Gasteiger partial charge >= 0.3 is 0 Å². The van der Waals surface area contributed by atoms with Gasteiger partial charge in [-0.05, 0) is 42.5 Å². The van der Waals surface area contributed by atoms with E-state index in [2.05, 4.69) is 16.0 Å². The maximum absolute atomic E-state index is 12.6. The first-order valence-electron chi connectivity index (χ1n) is 9.02. The third kappa shape index (κ3) is 5.36. The molecule has 0 aliphatic carbocycles. The average Bonchev–Trinajstić information content (AvgIpc) is 2.73. The van der Waals surface area contributed by atoms with Crippen molar-refractivity contribution in [3.63, 3.8) is 0 Å². The zero-order valence-corrected chi connectivity index (χ0v) is 16.6. The Kier molecular flexibility index (Phi) is 6.67. The molecule has 0 fully saturated rings. The van der Waals surface area contributed by atoms with E-state index >= 15 is 0 Å². The highest BCUT2D eigenvalue weighted by Gasteiger charge is 2.14. The molecule has 3 aromatic carbocycles. The third-order valence-electron chi connectivity index (χ3n) is 4.16. The minimum Gasteiger partial charge on any atom is -0.375 e. The van der Waals surface area contributed by atoms with Crippen LogP contribution in [0.15, 0.2) is 72.8 Å². The highest BCUT2D eigenvalue weighted by Crippen LogP contribution is 2.21. The molecule has 0 saturated carbocycles. The number of amides is 3. The highest BCUT2D eigenvalue weighted by atomic mass is 35.5. The molecule has 5 N–H and O–H groups in total. The van der Waals surface area contributed by atoms with E-state index in [4.69, 9.17) is 17.3 Å². The summed E-state index contributed by atoms with van der Waals surface area (Å²) in [5.41, 5.74) is 7.24. The van der Waals surface area contributed by atoms with E-state index in [0.717, 1.165) is 0 Å². The summed E-state index contributed by atoms with van der Waals surface area (Å²) >= 11 is 5.88. The average molecular weight is 423 g/mol. The zero-order chi connectivity index (χ0) is 21.5. The van der Waals surface area contributed by atoms with E-state index in [0.29, 0.717) is 27.6 Å². The first-order chi connectivity index (χ1) is 14.4. The minimum atomic E-state index is -0.664. The van der Waals surface area contributed by atoms with Crippen molar-refractivity contribution in [1.82, 2.24) is 0 Å². The second kappa shape index (κ2) is 9.58. The number of carbonyl (C=O) groups is 3. The minimum absolute atomic E-state index is 0.142. The molecule has 0 bridgehead atoms. The number of hydrogen-bond acceptors (Lipinski definition) is 4. The fourth-order valence-corrected chi connectivity index (χ4v) is 2.93. The molecular weight excluding hydrogens is 404 g/mol. The van der Waals surface area contributed by atoms with E-state index in [9.17, 15) is 14.4 Å². The van der Waals surface area contributed by atoms with E-state index in [-0.39, 0.29) is 18.0 Å². The van der Waals surface area contributed by atoms with Gasteiger partial charge in [-0.1, -0.05) is 41.9 Å². The smallest absolute Gasteiger partial charge is 0.257 e. The van der Waals surface area contributed by atoms with E-state index in [1.165, 1.54) is 6.07 Å². The van der Waals surface area contributed by atoms with Gasteiger partial charge in [0.1, 0.15) is 0 Å². The van der Waals surface area contributed by atoms with Crippen LogP contribution in [0, 0.1) is 0 Å². The van der Waals surface area contributed by atoms with Gasteiger partial charge < -0.3 is 21.7 Å². The molecule has 0 saturated heterocycles. The number of anilines is 3. The Morgan fingerprint density at radius 1 is 0.800 bits per heavy atom. The Morgan fingerprint density at radius 2 is 1.50 bits per heavy atom. The Bertz CT molecular complexity index is 1090. The summed E-state index contributed by atoms with van der Waals surface area (Å²) in [4.78, 5) is 36.6. The fraction of sp³-hybridized carbons (Fsp3) is 0.0455. The van der Waals surface area contributed by atoms with Gasteiger partial charge in [-0.25, -0.2) is 0 Å². The van der Waals surface area contributed by atoms with Gasteiger partial charge in [-0.15, -0.1) is 0 Å². The zero-order valence-electron chi connectivity index (χ0n) is 15.8. The third-order valence-corrected chi connectivity index (χ3v) is 4.40. The lowest BCUT2D eigenvalue weighted by atomic mass is 10.1. The monoisotopic (exact) mass is 422 g/mol. The van der Waals surface area contributed by atoms with Crippen LogP contribution in [0.4, 0.5) is 17.1 Å². The van der Waals surface area contributed by atoms with Crippen molar-refractivity contribution >= 4 is 46.4 Å². The molecule has 3 rings (SSSR count). The summed E-state index contributed by atoms with van der Waals surface area (Å²) in [7, 11) is 0. The summed E-state index contributed by atoms with van der Waals surface area (Å²) < 4.78 is 0. The fourth-order valence-electron chi connectivity index (χ4n) is 2.75. The number of rotatable bonds is 7. The Hall–Kier alpha value is -3.84. The van der Waals surface area contributed by atoms with Gasteiger partial charge in [-0.2, -0.15) is 0 Å². The van der Waals surface area contributed by atoms with E-state index in [1.807, 2.05) is 18.2 Å². The second-order valence-corrected chi connectivity index (χ2v) is 6.76. The first-order valence-corrected chi connectivity index (χ1v) is 9.40. The number of primary amides is 1. The second-order valence-electron chi connectivity index (χ2n) is 6.32. The molecule has 30 heavy (non-hydrogen) atoms. The molecule has 0 aliphatic rings. The number of nitrogens with one attached hydrogen (secondary N) is 3. The maximum Gasteiger partial charge on any atom is 0.257 e. The van der Waals surface area contributed by atoms with Gasteiger partial charge in [0.05, 0.1) is 23.4 Å². The molecule has 0 radical (unpaired) electrons. The molecule has 0 aliphatic heterocycles. The van der Waals surface area contributed by atoms with Crippen molar-refractivity contribution < 1.29 is 14.4 Å². The number of nitrogens with two attached hydrogens (primary N) is 1. The SMILES string of the molecule is NC(=O)c1cc(Cl)ccc1NCC(=O)Nc1ccccc1C(=O)Nc1ccccc1. The maximum atomic E-state index is 12.6. The molecule has 0 heterocycles. The number of para-hydroxylation sites is 2. The number of hydrogen-bond donors (Lipinski definition) is 4. The van der Waals surface area contributed by atoms with E-state index < -0.39 is 11.8 Å². The van der Waals surface area contributed by atoms with Crippen molar-refractivity contribution in [2.75, 3.05) is 22.5 Å². The molecule has 8 heteroatoms. The van der Waals surface area contributed by atoms with Crippen LogP contribution in [0.1, 0.15) is 20.7 Å². The molecular formula is C22H19ClN4O3. The van der Waals surface area contributed by atoms with Crippen LogP contribution < -0.4 is 21.7 Å². The molecule has 7 nitrogen and oxygen atoms in total. The van der Waals surface area contributed by atoms with Crippen LogP contribution in [0.3, 0.4) is 0 Å². The number of halogens is 1. The van der Waals surface area contributed by atoms with Crippen LogP contribution in [-0.4, -0.2) is 24.3 Å². The molecule has 3 amide bonds. The van der Waals surface area contributed by atoms with Gasteiger partial charge in [0.25, 0.3) is 11.8 Å². The van der Waals surface area contributed by atoms with Crippen LogP contribution in [0.5, 0.6) is 0 Å². The van der Waals surface area contributed by atoms with Gasteiger partial charge in [0.2, 0.25) is 5.91 Å². The topological polar surface area (TPSA) is 113 Å². The van der Waals surface area contributed by atoms with Crippen LogP contribution in [0.2, 0.25) is 5.02 Å².